The van der Waals surface area contributed by atoms with E-state index in [1.807, 2.05) is 11.4 Å². The molecule has 7 nitrogen and oxygen atoms in total. The van der Waals surface area contributed by atoms with Gasteiger partial charge in [0.05, 0.1) is 36.3 Å². The SMILES string of the molecule is O=C(C1=C(O)C(=O)N(CCC[NH+]2CCOCC2)[C@@H]1c1cccnc1)c1cccs1. The molecular weight excluding hydrogens is 390 g/mol. The molecule has 0 bridgehead atoms. The average molecular weight is 415 g/mol. The molecule has 1 saturated heterocycles. The van der Waals surface area contributed by atoms with Gasteiger partial charge >= 0.3 is 0 Å². The number of quaternary nitrogens is 1. The zero-order valence-corrected chi connectivity index (χ0v) is 16.9. The molecule has 1 fully saturated rings. The lowest BCUT2D eigenvalue weighted by Crippen LogP contribution is -3.14. The molecule has 29 heavy (non-hydrogen) atoms. The number of carbonyl (C=O) groups excluding carboxylic acids is 2. The van der Waals surface area contributed by atoms with Crippen LogP contribution in [0, 0.1) is 0 Å². The summed E-state index contributed by atoms with van der Waals surface area (Å²) in [5.74, 6) is -1.24. The van der Waals surface area contributed by atoms with Crippen LogP contribution in [-0.2, 0) is 9.53 Å². The first-order valence-electron chi connectivity index (χ1n) is 9.80. The second-order valence-electron chi connectivity index (χ2n) is 7.22. The fraction of sp³-hybridized carbons (Fsp3) is 0.381. The first kappa shape index (κ1) is 19.8. The summed E-state index contributed by atoms with van der Waals surface area (Å²) in [6, 6.07) is 6.49. The number of aliphatic hydroxyl groups is 1. The maximum absolute atomic E-state index is 13.1. The van der Waals surface area contributed by atoms with Crippen LogP contribution in [-0.4, -0.2) is 66.1 Å². The van der Waals surface area contributed by atoms with E-state index in [1.165, 1.54) is 16.2 Å². The normalized spacial score (nSPS) is 20.5. The van der Waals surface area contributed by atoms with Gasteiger partial charge in [-0.25, -0.2) is 0 Å². The summed E-state index contributed by atoms with van der Waals surface area (Å²) in [6.45, 7) is 4.84. The number of ketones is 1. The number of nitrogens with zero attached hydrogens (tertiary/aromatic N) is 2. The number of hydrogen-bond acceptors (Lipinski definition) is 6. The van der Waals surface area contributed by atoms with Gasteiger partial charge < -0.3 is 19.6 Å². The van der Waals surface area contributed by atoms with Gasteiger partial charge in [0.15, 0.2) is 5.76 Å². The minimum Gasteiger partial charge on any atom is -0.503 e. The number of rotatable bonds is 7. The van der Waals surface area contributed by atoms with E-state index in [4.69, 9.17) is 4.74 Å². The Morgan fingerprint density at radius 1 is 1.31 bits per heavy atom. The van der Waals surface area contributed by atoms with Gasteiger partial charge in [0.25, 0.3) is 5.91 Å². The maximum Gasteiger partial charge on any atom is 0.290 e. The lowest BCUT2D eigenvalue weighted by atomic mass is 9.96. The van der Waals surface area contributed by atoms with Crippen molar-refractivity contribution in [3.63, 3.8) is 0 Å². The third-order valence-electron chi connectivity index (χ3n) is 5.42. The second kappa shape index (κ2) is 8.86. The molecule has 2 aliphatic heterocycles. The first-order valence-corrected chi connectivity index (χ1v) is 10.7. The largest absolute Gasteiger partial charge is 0.503 e. The van der Waals surface area contributed by atoms with E-state index >= 15 is 0 Å². The van der Waals surface area contributed by atoms with E-state index in [2.05, 4.69) is 4.98 Å². The van der Waals surface area contributed by atoms with Crippen molar-refractivity contribution in [1.82, 2.24) is 9.88 Å². The number of morpholine rings is 1. The summed E-state index contributed by atoms with van der Waals surface area (Å²) in [5, 5.41) is 12.4. The highest BCUT2D eigenvalue weighted by molar-refractivity contribution is 7.12. The Morgan fingerprint density at radius 2 is 2.14 bits per heavy atom. The van der Waals surface area contributed by atoms with Crippen LogP contribution < -0.4 is 4.90 Å². The van der Waals surface area contributed by atoms with Gasteiger partial charge in [-0.2, -0.15) is 0 Å². The van der Waals surface area contributed by atoms with Gasteiger partial charge in [-0.05, 0) is 23.1 Å². The first-order chi connectivity index (χ1) is 14.2. The number of pyridine rings is 1. The Bertz CT molecular complexity index is 892. The number of aromatic nitrogens is 1. The van der Waals surface area contributed by atoms with Crippen molar-refractivity contribution in [3.05, 3.63) is 63.8 Å². The number of carbonyl (C=O) groups is 2. The van der Waals surface area contributed by atoms with Crippen molar-refractivity contribution in [3.8, 4) is 0 Å². The Labute approximate surface area is 173 Å². The van der Waals surface area contributed by atoms with Crippen LogP contribution in [0.5, 0.6) is 0 Å². The number of Topliss-reactive ketones (excluding diaryl/α,β-unsaturated/α-hetero) is 1. The summed E-state index contributed by atoms with van der Waals surface area (Å²) in [6.07, 6.45) is 4.08. The minimum atomic E-state index is -0.620. The topological polar surface area (TPSA) is 84.2 Å². The van der Waals surface area contributed by atoms with E-state index in [0.717, 1.165) is 44.8 Å². The smallest absolute Gasteiger partial charge is 0.290 e. The quantitative estimate of drug-likeness (QED) is 0.661. The van der Waals surface area contributed by atoms with E-state index in [0.29, 0.717) is 11.4 Å². The van der Waals surface area contributed by atoms with Gasteiger partial charge in [-0.1, -0.05) is 12.1 Å². The lowest BCUT2D eigenvalue weighted by Gasteiger charge is -2.28. The van der Waals surface area contributed by atoms with Crippen molar-refractivity contribution < 1.29 is 24.3 Å². The highest BCUT2D eigenvalue weighted by atomic mass is 32.1. The summed E-state index contributed by atoms with van der Waals surface area (Å²) in [4.78, 5) is 33.7. The Balaban J connectivity index is 1.57. The van der Waals surface area contributed by atoms with Crippen LogP contribution >= 0.6 is 11.3 Å². The van der Waals surface area contributed by atoms with Crippen LogP contribution in [0.4, 0.5) is 0 Å². The summed E-state index contributed by atoms with van der Waals surface area (Å²) >= 11 is 1.30. The van der Waals surface area contributed by atoms with E-state index in [1.54, 1.807) is 35.5 Å². The standard InChI is InChI=1S/C21H23N3O4S/c25-19(16-5-2-13-29-16)17-18(15-4-1-6-22-14-15)24(21(27)20(17)26)8-3-7-23-9-11-28-12-10-23/h1-2,4-6,13-14,18,26H,3,7-12H2/p+1/t18-/m1/s1. The number of nitrogens with one attached hydrogen (secondary N) is 1. The zero-order chi connectivity index (χ0) is 20.2. The highest BCUT2D eigenvalue weighted by Gasteiger charge is 2.43. The van der Waals surface area contributed by atoms with Gasteiger partial charge in [0.1, 0.15) is 13.1 Å². The van der Waals surface area contributed by atoms with Gasteiger partial charge in [0.2, 0.25) is 5.78 Å². The van der Waals surface area contributed by atoms with Crippen molar-refractivity contribution in [1.29, 1.82) is 0 Å². The maximum atomic E-state index is 13.1. The van der Waals surface area contributed by atoms with Crippen molar-refractivity contribution in [2.75, 3.05) is 39.4 Å². The Hall–Kier alpha value is -2.55. The fourth-order valence-corrected chi connectivity index (χ4v) is 4.63. The minimum absolute atomic E-state index is 0.143. The predicted octanol–water partition coefficient (Wildman–Crippen LogP) is 1.03. The van der Waals surface area contributed by atoms with E-state index in [9.17, 15) is 14.7 Å². The molecule has 8 heteroatoms. The van der Waals surface area contributed by atoms with Crippen LogP contribution in [0.15, 0.2) is 53.4 Å². The van der Waals surface area contributed by atoms with E-state index < -0.39 is 17.7 Å². The van der Waals surface area contributed by atoms with Crippen LogP contribution in [0.1, 0.15) is 27.7 Å². The Morgan fingerprint density at radius 3 is 2.83 bits per heavy atom. The van der Waals surface area contributed by atoms with Crippen molar-refractivity contribution >= 4 is 23.0 Å². The third kappa shape index (κ3) is 4.10. The van der Waals surface area contributed by atoms with Gasteiger partial charge in [0, 0.05) is 25.4 Å². The second-order valence-corrected chi connectivity index (χ2v) is 8.17. The number of aliphatic hydroxyl groups excluding tert-OH is 1. The zero-order valence-electron chi connectivity index (χ0n) is 16.0. The van der Waals surface area contributed by atoms with Crippen LogP contribution in [0.3, 0.4) is 0 Å². The molecule has 2 aliphatic rings. The molecule has 2 aromatic heterocycles. The molecule has 0 saturated carbocycles. The summed E-state index contributed by atoms with van der Waals surface area (Å²) in [7, 11) is 0. The third-order valence-corrected chi connectivity index (χ3v) is 6.29. The van der Waals surface area contributed by atoms with Crippen LogP contribution in [0.25, 0.3) is 0 Å². The van der Waals surface area contributed by atoms with Crippen molar-refractivity contribution in [2.45, 2.75) is 12.5 Å². The summed E-state index contributed by atoms with van der Waals surface area (Å²) < 4.78 is 5.39. The molecule has 4 heterocycles. The van der Waals surface area contributed by atoms with Crippen molar-refractivity contribution in [2.24, 2.45) is 0 Å². The molecule has 0 unspecified atom stereocenters. The molecule has 2 N–H and O–H groups in total. The molecule has 2 aromatic rings. The van der Waals surface area contributed by atoms with Crippen LogP contribution in [0.2, 0.25) is 0 Å². The molecule has 152 valence electrons. The molecule has 4 rings (SSSR count). The summed E-state index contributed by atoms with van der Waals surface area (Å²) in [5.41, 5.74) is 0.868. The lowest BCUT2D eigenvalue weighted by molar-refractivity contribution is -0.908. The monoisotopic (exact) mass is 414 g/mol. The number of amides is 1. The molecule has 0 aliphatic carbocycles. The predicted molar refractivity (Wildman–Crippen MR) is 108 cm³/mol. The number of hydrogen-bond donors (Lipinski definition) is 2. The van der Waals surface area contributed by atoms with Gasteiger partial charge in [-0.3, -0.25) is 14.6 Å². The van der Waals surface area contributed by atoms with Gasteiger partial charge in [-0.15, -0.1) is 11.3 Å². The van der Waals surface area contributed by atoms with E-state index in [-0.39, 0.29) is 11.4 Å². The molecule has 0 spiro atoms. The fourth-order valence-electron chi connectivity index (χ4n) is 3.95. The Kier molecular flexibility index (Phi) is 6.03. The molecule has 0 aromatic carbocycles. The average Bonchev–Trinajstić information content (AvgIpc) is 3.38. The highest BCUT2D eigenvalue weighted by Crippen LogP contribution is 2.39. The number of thiophene rings is 1. The molecular formula is C21H24N3O4S+. The molecule has 1 atom stereocenters. The molecule has 0 radical (unpaired) electrons. The number of ether oxygens (including phenoxy) is 1. The molecule has 1 amide bonds.